The van der Waals surface area contributed by atoms with E-state index in [0.717, 1.165) is 5.56 Å². The summed E-state index contributed by atoms with van der Waals surface area (Å²) >= 11 is 0. The summed E-state index contributed by atoms with van der Waals surface area (Å²) in [6.07, 6.45) is 0.154. The second-order valence-electron chi connectivity index (χ2n) is 5.98. The first-order valence-electron chi connectivity index (χ1n) is 8.24. The second-order valence-corrected chi connectivity index (χ2v) is 5.98. The van der Waals surface area contributed by atoms with Crippen LogP contribution in [0.25, 0.3) is 0 Å². The molecule has 1 aromatic heterocycles. The smallest absolute Gasteiger partial charge is 0.256 e. The predicted molar refractivity (Wildman–Crippen MR) is 91.5 cm³/mol. The molecule has 0 spiro atoms. The highest BCUT2D eigenvalue weighted by Crippen LogP contribution is 2.19. The Morgan fingerprint density at radius 2 is 1.92 bits per heavy atom. The van der Waals surface area contributed by atoms with Crippen molar-refractivity contribution in [3.05, 3.63) is 46.8 Å². The Labute approximate surface area is 145 Å². The van der Waals surface area contributed by atoms with E-state index in [2.05, 4.69) is 10.5 Å². The van der Waals surface area contributed by atoms with E-state index >= 15 is 0 Å². The fraction of sp³-hybridized carbons (Fsp3) is 0.389. The number of carbonyl (C=O) groups is 2. The van der Waals surface area contributed by atoms with Crippen LogP contribution in [0.1, 0.15) is 27.4 Å². The second kappa shape index (κ2) is 7.48. The molecular formula is C18H21N3O4. The van der Waals surface area contributed by atoms with Crippen LogP contribution in [-0.2, 0) is 16.0 Å². The summed E-state index contributed by atoms with van der Waals surface area (Å²) < 4.78 is 10.4. The van der Waals surface area contributed by atoms with E-state index in [1.165, 1.54) is 0 Å². The van der Waals surface area contributed by atoms with Crippen molar-refractivity contribution in [2.45, 2.75) is 20.3 Å². The van der Waals surface area contributed by atoms with E-state index in [0.29, 0.717) is 49.0 Å². The molecule has 7 heteroatoms. The van der Waals surface area contributed by atoms with Gasteiger partial charge in [0.05, 0.1) is 36.6 Å². The minimum Gasteiger partial charge on any atom is -0.378 e. The van der Waals surface area contributed by atoms with Crippen LogP contribution in [0.4, 0.5) is 5.69 Å². The highest BCUT2D eigenvalue weighted by molar-refractivity contribution is 6.04. The number of aryl methyl sites for hydroxylation is 2. The Morgan fingerprint density at radius 1 is 1.20 bits per heavy atom. The summed E-state index contributed by atoms with van der Waals surface area (Å²) in [4.78, 5) is 26.9. The van der Waals surface area contributed by atoms with Crippen molar-refractivity contribution >= 4 is 17.5 Å². The Bertz CT molecular complexity index is 759. The third-order valence-electron chi connectivity index (χ3n) is 4.25. The van der Waals surface area contributed by atoms with Crippen LogP contribution >= 0.6 is 0 Å². The van der Waals surface area contributed by atoms with E-state index in [4.69, 9.17) is 9.26 Å². The molecule has 1 fully saturated rings. The third kappa shape index (κ3) is 3.88. The minimum atomic E-state index is -0.211. The first-order valence-corrected chi connectivity index (χ1v) is 8.24. The highest BCUT2D eigenvalue weighted by atomic mass is 16.5. The van der Waals surface area contributed by atoms with E-state index in [1.807, 2.05) is 0 Å². The number of rotatable bonds is 4. The zero-order valence-corrected chi connectivity index (χ0v) is 14.4. The fourth-order valence-corrected chi connectivity index (χ4v) is 2.82. The first-order chi connectivity index (χ1) is 12.1. The number of anilines is 1. The molecule has 1 aliphatic heterocycles. The fourth-order valence-electron chi connectivity index (χ4n) is 2.82. The summed E-state index contributed by atoms with van der Waals surface area (Å²) in [6, 6.07) is 7.04. The molecule has 1 aliphatic rings. The Kier molecular flexibility index (Phi) is 5.14. The number of benzene rings is 1. The number of nitrogens with zero attached hydrogens (tertiary/aromatic N) is 2. The largest absolute Gasteiger partial charge is 0.378 e. The molecule has 0 radical (unpaired) electrons. The predicted octanol–water partition coefficient (Wildman–Crippen LogP) is 1.95. The van der Waals surface area contributed by atoms with Crippen LogP contribution in [0, 0.1) is 13.8 Å². The zero-order valence-electron chi connectivity index (χ0n) is 14.4. The van der Waals surface area contributed by atoms with Crippen LogP contribution in [0.5, 0.6) is 0 Å². The third-order valence-corrected chi connectivity index (χ3v) is 4.25. The van der Waals surface area contributed by atoms with Crippen molar-refractivity contribution in [1.82, 2.24) is 10.1 Å². The van der Waals surface area contributed by atoms with E-state index in [1.54, 1.807) is 43.0 Å². The van der Waals surface area contributed by atoms with Crippen molar-refractivity contribution < 1.29 is 18.8 Å². The first kappa shape index (κ1) is 17.2. The number of hydrogen-bond acceptors (Lipinski definition) is 5. The van der Waals surface area contributed by atoms with Gasteiger partial charge in [0.1, 0.15) is 5.76 Å². The summed E-state index contributed by atoms with van der Waals surface area (Å²) in [5, 5.41) is 6.69. The molecule has 0 saturated carbocycles. The van der Waals surface area contributed by atoms with Gasteiger partial charge in [0.25, 0.3) is 5.91 Å². The molecule has 2 amide bonds. The summed E-state index contributed by atoms with van der Waals surface area (Å²) in [5.74, 6) is 0.318. The number of amides is 2. The van der Waals surface area contributed by atoms with Crippen LogP contribution < -0.4 is 5.32 Å². The number of aromatic nitrogens is 1. The summed E-state index contributed by atoms with van der Waals surface area (Å²) in [5.41, 5.74) is 2.46. The van der Waals surface area contributed by atoms with Gasteiger partial charge in [-0.1, -0.05) is 17.3 Å². The molecule has 132 valence electrons. The van der Waals surface area contributed by atoms with Crippen molar-refractivity contribution in [3.63, 3.8) is 0 Å². The number of morpholine rings is 1. The van der Waals surface area contributed by atoms with Gasteiger partial charge in [-0.2, -0.15) is 0 Å². The molecule has 2 heterocycles. The number of carbonyl (C=O) groups excluding carboxylic acids is 2. The van der Waals surface area contributed by atoms with Gasteiger partial charge in [0.15, 0.2) is 0 Å². The van der Waals surface area contributed by atoms with Crippen molar-refractivity contribution in [1.29, 1.82) is 0 Å². The Morgan fingerprint density at radius 3 is 2.60 bits per heavy atom. The zero-order chi connectivity index (χ0) is 17.8. The van der Waals surface area contributed by atoms with Crippen LogP contribution in [0.15, 0.2) is 28.8 Å². The quantitative estimate of drug-likeness (QED) is 0.917. The molecule has 7 nitrogen and oxygen atoms in total. The summed E-state index contributed by atoms with van der Waals surface area (Å²) in [7, 11) is 0. The van der Waals surface area contributed by atoms with Gasteiger partial charge in [0, 0.05) is 18.7 Å². The monoisotopic (exact) mass is 343 g/mol. The van der Waals surface area contributed by atoms with Gasteiger partial charge in [-0.25, -0.2) is 0 Å². The van der Waals surface area contributed by atoms with Gasteiger partial charge in [-0.3, -0.25) is 9.59 Å². The molecule has 1 N–H and O–H groups in total. The minimum absolute atomic E-state index is 0.100. The van der Waals surface area contributed by atoms with E-state index in [9.17, 15) is 9.59 Å². The van der Waals surface area contributed by atoms with Gasteiger partial charge >= 0.3 is 0 Å². The SMILES string of the molecule is Cc1noc(C)c1CC(=O)Nc1ccccc1C(=O)N1CCOCC1. The lowest BCUT2D eigenvalue weighted by molar-refractivity contribution is -0.115. The van der Waals surface area contributed by atoms with Gasteiger partial charge < -0.3 is 19.5 Å². The summed E-state index contributed by atoms with van der Waals surface area (Å²) in [6.45, 7) is 5.76. The molecule has 1 aromatic carbocycles. The van der Waals surface area contributed by atoms with Crippen molar-refractivity contribution in [2.75, 3.05) is 31.6 Å². The maximum atomic E-state index is 12.7. The Hall–Kier alpha value is -2.67. The van der Waals surface area contributed by atoms with Gasteiger partial charge in [-0.15, -0.1) is 0 Å². The van der Waals surface area contributed by atoms with Crippen molar-refractivity contribution in [3.8, 4) is 0 Å². The van der Waals surface area contributed by atoms with Crippen LogP contribution in [0.3, 0.4) is 0 Å². The Balaban J connectivity index is 1.74. The molecule has 0 atom stereocenters. The normalized spacial score (nSPS) is 14.4. The molecule has 25 heavy (non-hydrogen) atoms. The standard InChI is InChI=1S/C18H21N3O4/c1-12-15(13(2)25-20-12)11-17(22)19-16-6-4-3-5-14(16)18(23)21-7-9-24-10-8-21/h3-6H,7-11H2,1-2H3,(H,19,22). The molecule has 3 rings (SSSR count). The van der Waals surface area contributed by atoms with E-state index in [-0.39, 0.29) is 18.2 Å². The van der Waals surface area contributed by atoms with E-state index < -0.39 is 0 Å². The number of para-hydroxylation sites is 1. The van der Waals surface area contributed by atoms with Crippen LogP contribution in [0.2, 0.25) is 0 Å². The molecular weight excluding hydrogens is 322 g/mol. The number of hydrogen-bond donors (Lipinski definition) is 1. The average Bonchev–Trinajstić information content (AvgIpc) is 2.94. The maximum absolute atomic E-state index is 12.7. The maximum Gasteiger partial charge on any atom is 0.256 e. The molecule has 2 aromatic rings. The van der Waals surface area contributed by atoms with Gasteiger partial charge in [0.2, 0.25) is 5.91 Å². The number of nitrogens with one attached hydrogen (secondary N) is 1. The molecule has 0 unspecified atom stereocenters. The lowest BCUT2D eigenvalue weighted by Crippen LogP contribution is -2.41. The molecule has 1 saturated heterocycles. The topological polar surface area (TPSA) is 84.7 Å². The van der Waals surface area contributed by atoms with Crippen LogP contribution in [-0.4, -0.2) is 48.2 Å². The lowest BCUT2D eigenvalue weighted by atomic mass is 10.1. The average molecular weight is 343 g/mol. The highest BCUT2D eigenvalue weighted by Gasteiger charge is 2.22. The molecule has 0 bridgehead atoms. The van der Waals surface area contributed by atoms with Gasteiger partial charge in [-0.05, 0) is 26.0 Å². The molecule has 0 aliphatic carbocycles. The lowest BCUT2D eigenvalue weighted by Gasteiger charge is -2.27. The van der Waals surface area contributed by atoms with Crippen molar-refractivity contribution in [2.24, 2.45) is 0 Å². The number of ether oxygens (including phenoxy) is 1.